The molecule has 2 aromatic carbocycles. The summed E-state index contributed by atoms with van der Waals surface area (Å²) in [5.41, 5.74) is 3.65. The van der Waals surface area contributed by atoms with Gasteiger partial charge in [0, 0.05) is 0 Å². The number of aryl methyl sites for hydroxylation is 4. The SMILES string of the molecule is Cc1ccc(S(=O)(=O)S)c(CCCCCCc2cc(C)ccc2S(=O)(=O)S)c1. The first kappa shape index (κ1) is 23.3. The molecule has 0 aliphatic rings. The minimum atomic E-state index is -3.53. The van der Waals surface area contributed by atoms with E-state index in [2.05, 4.69) is 23.3 Å². The molecule has 0 fully saturated rings. The first-order valence-electron chi connectivity index (χ1n) is 9.12. The molecule has 0 bridgehead atoms. The molecule has 0 aliphatic carbocycles. The minimum Gasteiger partial charge on any atom is -0.212 e. The highest BCUT2D eigenvalue weighted by Gasteiger charge is 2.15. The predicted octanol–water partition coefficient (Wildman–Crippen LogP) is 4.89. The highest BCUT2D eigenvalue weighted by atomic mass is 33.1. The molecule has 0 spiro atoms. The molecule has 0 unspecified atom stereocenters. The van der Waals surface area contributed by atoms with Crippen molar-refractivity contribution in [2.45, 2.75) is 62.2 Å². The molecular weight excluding hydrogens is 432 g/mol. The van der Waals surface area contributed by atoms with Crippen LogP contribution in [0.25, 0.3) is 0 Å². The standard InChI is InChI=1S/C20H26O4S4/c1-15-9-11-19(27(21,22)25)17(13-15)7-5-3-4-6-8-18-14-16(2)10-12-20(18)28(23,24)26/h9-14H,3-8H2,1-2H3,(H,21,22,25)(H,23,24,26). The van der Waals surface area contributed by atoms with Crippen LogP contribution in [0.5, 0.6) is 0 Å². The van der Waals surface area contributed by atoms with Gasteiger partial charge in [-0.15, -0.1) is 0 Å². The molecule has 0 aliphatic heterocycles. The Morgan fingerprint density at radius 3 is 1.32 bits per heavy atom. The lowest BCUT2D eigenvalue weighted by Crippen LogP contribution is -2.00. The third-order valence-electron chi connectivity index (χ3n) is 4.63. The Hall–Kier alpha value is -0.960. The Balaban J connectivity index is 1.91. The normalized spacial score (nSPS) is 12.3. The zero-order valence-electron chi connectivity index (χ0n) is 16.1. The van der Waals surface area contributed by atoms with Crippen LogP contribution >= 0.6 is 23.3 Å². The van der Waals surface area contributed by atoms with E-state index in [-0.39, 0.29) is 9.79 Å². The zero-order chi connectivity index (χ0) is 20.9. The summed E-state index contributed by atoms with van der Waals surface area (Å²) in [6.07, 6.45) is 4.97. The Labute approximate surface area is 178 Å². The second kappa shape index (κ2) is 9.69. The summed E-state index contributed by atoms with van der Waals surface area (Å²) in [6.45, 7) is 3.88. The van der Waals surface area contributed by atoms with Crippen LogP contribution in [0.15, 0.2) is 46.2 Å². The average molecular weight is 459 g/mol. The minimum absolute atomic E-state index is 0.282. The van der Waals surface area contributed by atoms with Crippen molar-refractivity contribution in [1.29, 1.82) is 0 Å². The van der Waals surface area contributed by atoms with Crippen LogP contribution in [0.2, 0.25) is 0 Å². The average Bonchev–Trinajstić information content (AvgIpc) is 2.55. The second-order valence-electron chi connectivity index (χ2n) is 7.09. The van der Waals surface area contributed by atoms with E-state index in [0.29, 0.717) is 12.8 Å². The lowest BCUT2D eigenvalue weighted by atomic mass is 10.0. The van der Waals surface area contributed by atoms with Crippen molar-refractivity contribution < 1.29 is 16.8 Å². The van der Waals surface area contributed by atoms with Gasteiger partial charge < -0.3 is 0 Å². The van der Waals surface area contributed by atoms with Crippen LogP contribution in [0, 0.1) is 13.8 Å². The lowest BCUT2D eigenvalue weighted by Gasteiger charge is -2.10. The molecule has 0 saturated carbocycles. The van der Waals surface area contributed by atoms with E-state index in [1.165, 1.54) is 0 Å². The van der Waals surface area contributed by atoms with Crippen LogP contribution in [-0.4, -0.2) is 16.8 Å². The first-order chi connectivity index (χ1) is 13.0. The van der Waals surface area contributed by atoms with Crippen LogP contribution in [0.4, 0.5) is 0 Å². The summed E-state index contributed by atoms with van der Waals surface area (Å²) in [4.78, 5) is 0.564. The smallest absolute Gasteiger partial charge is 0.212 e. The number of hydrogen-bond acceptors (Lipinski definition) is 4. The monoisotopic (exact) mass is 458 g/mol. The third kappa shape index (κ3) is 6.83. The molecule has 0 N–H and O–H groups in total. The van der Waals surface area contributed by atoms with Crippen LogP contribution in [-0.2, 0) is 30.6 Å². The van der Waals surface area contributed by atoms with E-state index < -0.39 is 17.7 Å². The molecule has 0 atom stereocenters. The number of benzene rings is 2. The van der Waals surface area contributed by atoms with E-state index in [0.717, 1.165) is 47.9 Å². The summed E-state index contributed by atoms with van der Waals surface area (Å²) >= 11 is 7.45. The maximum atomic E-state index is 11.8. The van der Waals surface area contributed by atoms with Crippen molar-refractivity contribution in [3.8, 4) is 0 Å². The second-order valence-corrected chi connectivity index (χ2v) is 12.8. The van der Waals surface area contributed by atoms with E-state index >= 15 is 0 Å². The van der Waals surface area contributed by atoms with Crippen LogP contribution in [0.1, 0.15) is 47.9 Å². The quantitative estimate of drug-likeness (QED) is 0.319. The largest absolute Gasteiger partial charge is 0.227 e. The number of thiol groups is 2. The van der Waals surface area contributed by atoms with Crippen molar-refractivity contribution in [2.75, 3.05) is 0 Å². The van der Waals surface area contributed by atoms with Gasteiger partial charge in [-0.05, 0) is 86.1 Å². The summed E-state index contributed by atoms with van der Waals surface area (Å²) in [5.74, 6) is 0. The maximum Gasteiger partial charge on any atom is 0.227 e. The van der Waals surface area contributed by atoms with E-state index in [9.17, 15) is 16.8 Å². The molecule has 8 heteroatoms. The Bertz CT molecular complexity index is 956. The summed E-state index contributed by atoms with van der Waals surface area (Å²) in [7, 11) is -7.05. The van der Waals surface area contributed by atoms with Crippen molar-refractivity contribution in [3.63, 3.8) is 0 Å². The number of hydrogen-bond donors (Lipinski definition) is 2. The van der Waals surface area contributed by atoms with E-state index in [1.54, 1.807) is 24.3 Å². The molecule has 0 amide bonds. The summed E-state index contributed by atoms with van der Waals surface area (Å²) in [6, 6.07) is 10.6. The molecule has 2 aromatic rings. The van der Waals surface area contributed by atoms with Gasteiger partial charge in [0.1, 0.15) is 0 Å². The van der Waals surface area contributed by atoms with Gasteiger partial charge in [0.25, 0.3) is 0 Å². The molecule has 0 aromatic heterocycles. The molecular formula is C20H26O4S4. The van der Waals surface area contributed by atoms with Crippen molar-refractivity contribution in [2.24, 2.45) is 0 Å². The van der Waals surface area contributed by atoms with E-state index in [4.69, 9.17) is 0 Å². The van der Waals surface area contributed by atoms with Gasteiger partial charge in [-0.2, -0.15) is 0 Å². The van der Waals surface area contributed by atoms with Crippen molar-refractivity contribution in [3.05, 3.63) is 58.7 Å². The van der Waals surface area contributed by atoms with Gasteiger partial charge in [-0.1, -0.05) is 48.2 Å². The number of unbranched alkanes of at least 4 members (excludes halogenated alkanes) is 3. The van der Waals surface area contributed by atoms with Gasteiger partial charge in [0.2, 0.25) is 17.7 Å². The molecule has 0 radical (unpaired) electrons. The molecule has 4 nitrogen and oxygen atoms in total. The highest BCUT2D eigenvalue weighted by molar-refractivity contribution is 8.63. The predicted molar refractivity (Wildman–Crippen MR) is 121 cm³/mol. The third-order valence-corrected chi connectivity index (χ3v) is 7.72. The fourth-order valence-electron chi connectivity index (χ4n) is 3.29. The van der Waals surface area contributed by atoms with Gasteiger partial charge in [-0.3, -0.25) is 0 Å². The summed E-state index contributed by atoms with van der Waals surface area (Å²) < 4.78 is 47.2. The Morgan fingerprint density at radius 2 is 1.00 bits per heavy atom. The molecule has 0 saturated heterocycles. The van der Waals surface area contributed by atoms with E-state index in [1.807, 2.05) is 26.0 Å². The maximum absolute atomic E-state index is 11.8. The molecule has 2 rings (SSSR count). The molecule has 154 valence electrons. The number of rotatable bonds is 9. The van der Waals surface area contributed by atoms with Gasteiger partial charge in [-0.25, -0.2) is 16.8 Å². The Kier molecular flexibility index (Phi) is 8.07. The van der Waals surface area contributed by atoms with Crippen molar-refractivity contribution in [1.82, 2.24) is 0 Å². The van der Waals surface area contributed by atoms with Gasteiger partial charge in [0.15, 0.2) is 0 Å². The van der Waals surface area contributed by atoms with Crippen LogP contribution in [0.3, 0.4) is 0 Å². The molecule has 0 heterocycles. The fourth-order valence-corrected chi connectivity index (χ4v) is 5.83. The highest BCUT2D eigenvalue weighted by Crippen LogP contribution is 2.25. The summed E-state index contributed by atoms with van der Waals surface area (Å²) in [5, 5.41) is 0. The van der Waals surface area contributed by atoms with Crippen molar-refractivity contribution >= 4 is 41.1 Å². The van der Waals surface area contributed by atoms with Gasteiger partial charge in [0.05, 0.1) is 9.79 Å². The fraction of sp³-hybridized carbons (Fsp3) is 0.400. The van der Waals surface area contributed by atoms with Gasteiger partial charge >= 0.3 is 0 Å². The Morgan fingerprint density at radius 1 is 0.643 bits per heavy atom. The first-order valence-corrected chi connectivity index (χ1v) is 14.2. The lowest BCUT2D eigenvalue weighted by molar-refractivity contribution is 0.603. The van der Waals surface area contributed by atoms with Crippen LogP contribution < -0.4 is 0 Å². The zero-order valence-corrected chi connectivity index (χ0v) is 19.5. The topological polar surface area (TPSA) is 68.3 Å². The molecule has 28 heavy (non-hydrogen) atoms.